The zero-order valence-electron chi connectivity index (χ0n) is 14.5. The quantitative estimate of drug-likeness (QED) is 0.345. The van der Waals surface area contributed by atoms with Gasteiger partial charge in [0.2, 0.25) is 0 Å². The second-order valence-corrected chi connectivity index (χ2v) is 7.70. The highest BCUT2D eigenvalue weighted by molar-refractivity contribution is 9.09. The molecule has 7 heteroatoms. The molecule has 3 rings (SSSR count). The normalized spacial score (nSPS) is 21.0. The van der Waals surface area contributed by atoms with Crippen LogP contribution >= 0.6 is 15.9 Å². The van der Waals surface area contributed by atoms with E-state index in [2.05, 4.69) is 15.9 Å². The third-order valence-electron chi connectivity index (χ3n) is 5.12. The van der Waals surface area contributed by atoms with Gasteiger partial charge < -0.3 is 4.74 Å². The third kappa shape index (κ3) is 4.73. The Bertz CT molecular complexity index is 782. The Morgan fingerprint density at radius 1 is 1.04 bits per heavy atom. The van der Waals surface area contributed by atoms with Crippen molar-refractivity contribution in [1.82, 2.24) is 0 Å². The monoisotopic (exact) mass is 450 g/mol. The van der Waals surface area contributed by atoms with Gasteiger partial charge in [-0.3, -0.25) is 0 Å². The number of hydrogen-bond donors (Lipinski definition) is 0. The predicted molar refractivity (Wildman–Crippen MR) is 98.8 cm³/mol. The van der Waals surface area contributed by atoms with E-state index in [9.17, 15) is 22.0 Å². The number of ether oxygens (including phenoxy) is 1. The Hall–Kier alpha value is -1.37. The summed E-state index contributed by atoms with van der Waals surface area (Å²) in [5, 5.41) is 1.85. The van der Waals surface area contributed by atoms with Crippen molar-refractivity contribution in [2.24, 2.45) is 5.92 Å². The highest BCUT2D eigenvalue weighted by atomic mass is 79.9. The van der Waals surface area contributed by atoms with E-state index in [1.165, 1.54) is 6.07 Å². The van der Waals surface area contributed by atoms with Crippen LogP contribution in [-0.4, -0.2) is 17.6 Å². The van der Waals surface area contributed by atoms with Crippen LogP contribution in [0.3, 0.4) is 0 Å². The smallest absolute Gasteiger partial charge is 0.391 e. The van der Waals surface area contributed by atoms with E-state index in [4.69, 9.17) is 4.74 Å². The van der Waals surface area contributed by atoms with Crippen LogP contribution in [0.25, 0.3) is 10.8 Å². The fourth-order valence-electron chi connectivity index (χ4n) is 3.65. The first-order chi connectivity index (χ1) is 12.8. The van der Waals surface area contributed by atoms with Crippen LogP contribution in [0.15, 0.2) is 30.3 Å². The average molecular weight is 451 g/mol. The topological polar surface area (TPSA) is 9.23 Å². The highest BCUT2D eigenvalue weighted by Crippen LogP contribution is 2.41. The second-order valence-electron chi connectivity index (χ2n) is 6.91. The van der Waals surface area contributed by atoms with Crippen LogP contribution in [0, 0.1) is 5.92 Å². The number of rotatable bonds is 5. The molecule has 1 nitrogen and oxygen atoms in total. The molecule has 1 aliphatic rings. The zero-order chi connectivity index (χ0) is 19.6. The summed E-state index contributed by atoms with van der Waals surface area (Å²) in [5.41, 5.74) is 0.756. The van der Waals surface area contributed by atoms with Gasteiger partial charge in [0, 0.05) is 5.33 Å². The molecule has 1 aliphatic carbocycles. The first kappa shape index (κ1) is 20.4. The summed E-state index contributed by atoms with van der Waals surface area (Å²) in [7, 11) is 0. The summed E-state index contributed by atoms with van der Waals surface area (Å²) in [4.78, 5) is 0. The van der Waals surface area contributed by atoms with Crippen molar-refractivity contribution in [3.63, 3.8) is 0 Å². The summed E-state index contributed by atoms with van der Waals surface area (Å²) in [6.07, 6.45) is -6.30. The Labute approximate surface area is 163 Å². The van der Waals surface area contributed by atoms with Crippen LogP contribution in [0.2, 0.25) is 0 Å². The fourth-order valence-corrected chi connectivity index (χ4v) is 4.11. The Morgan fingerprint density at radius 3 is 2.30 bits per heavy atom. The molecule has 0 aliphatic heterocycles. The van der Waals surface area contributed by atoms with Crippen molar-refractivity contribution < 1.29 is 26.7 Å². The first-order valence-corrected chi connectivity index (χ1v) is 10.0. The maximum Gasteiger partial charge on any atom is 0.391 e. The van der Waals surface area contributed by atoms with Crippen molar-refractivity contribution >= 4 is 26.7 Å². The lowest BCUT2D eigenvalue weighted by Gasteiger charge is -2.30. The van der Waals surface area contributed by atoms with Gasteiger partial charge in [0.25, 0.3) is 6.43 Å². The third-order valence-corrected chi connectivity index (χ3v) is 5.52. The molecule has 0 unspecified atom stereocenters. The molecule has 0 spiro atoms. The van der Waals surface area contributed by atoms with Gasteiger partial charge in [-0.05, 0) is 54.5 Å². The minimum absolute atomic E-state index is 0.0266. The average Bonchev–Trinajstić information content (AvgIpc) is 2.61. The number of aryl methyl sites for hydroxylation is 1. The van der Waals surface area contributed by atoms with Gasteiger partial charge in [0.05, 0.1) is 17.6 Å². The van der Waals surface area contributed by atoms with Gasteiger partial charge in [0.15, 0.2) is 0 Å². The van der Waals surface area contributed by atoms with E-state index in [1.807, 2.05) is 6.07 Å². The zero-order valence-corrected chi connectivity index (χ0v) is 16.1. The molecule has 0 atom stereocenters. The van der Waals surface area contributed by atoms with E-state index < -0.39 is 24.6 Å². The summed E-state index contributed by atoms with van der Waals surface area (Å²) < 4.78 is 71.8. The van der Waals surface area contributed by atoms with Crippen molar-refractivity contribution in [2.45, 2.75) is 50.8 Å². The van der Waals surface area contributed by atoms with Crippen molar-refractivity contribution in [3.8, 4) is 5.75 Å². The number of fused-ring (bicyclic) bond motifs is 1. The Balaban J connectivity index is 1.85. The predicted octanol–water partition coefficient (Wildman–Crippen LogP) is 7.21. The SMILES string of the molecule is FC(F)c1c(O[C@H]2CC[C@@H](C(F)(F)F)CC2)ccc2ccc(CCBr)cc12. The summed E-state index contributed by atoms with van der Waals surface area (Å²) in [5.74, 6) is -1.25. The molecule has 2 aromatic rings. The maximum atomic E-state index is 13.8. The number of benzene rings is 2. The van der Waals surface area contributed by atoms with Gasteiger partial charge in [-0.1, -0.05) is 40.2 Å². The molecule has 0 heterocycles. The molecule has 0 bridgehead atoms. The van der Waals surface area contributed by atoms with E-state index in [0.29, 0.717) is 17.2 Å². The molecule has 0 saturated heterocycles. The number of alkyl halides is 6. The molecule has 0 radical (unpaired) electrons. The lowest BCUT2D eigenvalue weighted by atomic mass is 9.87. The molecule has 1 fully saturated rings. The Kier molecular flexibility index (Phi) is 6.28. The maximum absolute atomic E-state index is 13.8. The second kappa shape index (κ2) is 8.33. The molecular formula is C20H20BrF5O. The molecule has 0 aromatic heterocycles. The summed E-state index contributed by atoms with van der Waals surface area (Å²) >= 11 is 3.34. The summed E-state index contributed by atoms with van der Waals surface area (Å²) in [6.45, 7) is 0. The molecule has 27 heavy (non-hydrogen) atoms. The van der Waals surface area contributed by atoms with Gasteiger partial charge in [-0.15, -0.1) is 0 Å². The van der Waals surface area contributed by atoms with Crippen LogP contribution in [0.4, 0.5) is 22.0 Å². The molecule has 0 amide bonds. The molecule has 1 saturated carbocycles. The standard InChI is InChI=1S/C20H20BrF5O/c21-10-9-12-1-2-13-3-8-17(18(19(22)23)16(13)11-12)27-15-6-4-14(5-7-15)20(24,25)26/h1-3,8,11,14-15,19H,4-7,9-10H2/t14-,15+. The number of halogens is 6. The van der Waals surface area contributed by atoms with Crippen molar-refractivity contribution in [2.75, 3.05) is 5.33 Å². The van der Waals surface area contributed by atoms with Crippen LogP contribution in [0.1, 0.15) is 43.2 Å². The van der Waals surface area contributed by atoms with Crippen molar-refractivity contribution in [1.29, 1.82) is 0 Å². The van der Waals surface area contributed by atoms with Crippen LogP contribution in [0.5, 0.6) is 5.75 Å². The summed E-state index contributed by atoms with van der Waals surface area (Å²) in [6, 6.07) is 8.67. The first-order valence-electron chi connectivity index (χ1n) is 8.92. The molecule has 148 valence electrons. The molecule has 2 aromatic carbocycles. The van der Waals surface area contributed by atoms with Crippen molar-refractivity contribution in [3.05, 3.63) is 41.5 Å². The van der Waals surface area contributed by atoms with Gasteiger partial charge in [-0.2, -0.15) is 13.2 Å². The highest BCUT2D eigenvalue weighted by Gasteiger charge is 2.42. The molecular weight excluding hydrogens is 431 g/mol. The minimum atomic E-state index is -4.20. The largest absolute Gasteiger partial charge is 0.490 e. The fraction of sp³-hybridized carbons (Fsp3) is 0.500. The lowest BCUT2D eigenvalue weighted by molar-refractivity contribution is -0.185. The molecule has 0 N–H and O–H groups in total. The van der Waals surface area contributed by atoms with Crippen LogP contribution < -0.4 is 4.74 Å². The van der Waals surface area contributed by atoms with Crippen LogP contribution in [-0.2, 0) is 6.42 Å². The van der Waals surface area contributed by atoms with Gasteiger partial charge in [0.1, 0.15) is 5.75 Å². The van der Waals surface area contributed by atoms with E-state index >= 15 is 0 Å². The van der Waals surface area contributed by atoms with E-state index in [1.54, 1.807) is 18.2 Å². The van der Waals surface area contributed by atoms with E-state index in [0.717, 1.165) is 10.9 Å². The van der Waals surface area contributed by atoms with Gasteiger partial charge in [-0.25, -0.2) is 8.78 Å². The van der Waals surface area contributed by atoms with Gasteiger partial charge >= 0.3 is 6.18 Å². The lowest BCUT2D eigenvalue weighted by Crippen LogP contribution is -2.32. The Morgan fingerprint density at radius 2 is 1.70 bits per heavy atom. The minimum Gasteiger partial charge on any atom is -0.490 e. The van der Waals surface area contributed by atoms with E-state index in [-0.39, 0.29) is 37.0 Å². The number of hydrogen-bond acceptors (Lipinski definition) is 1.